The number of benzene rings is 2. The van der Waals surface area contributed by atoms with E-state index in [0.717, 1.165) is 18.0 Å². The number of para-hydroxylation sites is 1. The Kier molecular flexibility index (Phi) is 5.63. The monoisotopic (exact) mass is 354 g/mol. The van der Waals surface area contributed by atoms with Crippen LogP contribution in [0.3, 0.4) is 0 Å². The number of rotatable bonds is 7. The highest BCUT2D eigenvalue weighted by Gasteiger charge is 2.06. The highest BCUT2D eigenvalue weighted by atomic mass is 32.1. The molecule has 1 heterocycles. The largest absolute Gasteiger partial charge is 0.492 e. The normalized spacial score (nSPS) is 11.0. The van der Waals surface area contributed by atoms with Gasteiger partial charge in [0.1, 0.15) is 18.7 Å². The molecule has 0 atom stereocenters. The van der Waals surface area contributed by atoms with Crippen molar-refractivity contribution in [3.8, 4) is 11.4 Å². The molecule has 0 aliphatic rings. The second kappa shape index (κ2) is 8.09. The van der Waals surface area contributed by atoms with E-state index in [1.54, 1.807) is 6.33 Å². The molecule has 0 saturated heterocycles. The Labute approximate surface area is 153 Å². The maximum absolute atomic E-state index is 5.80. The first-order valence-corrected chi connectivity index (χ1v) is 8.62. The van der Waals surface area contributed by atoms with Gasteiger partial charge in [0, 0.05) is 12.2 Å². The van der Waals surface area contributed by atoms with Crippen molar-refractivity contribution in [3.63, 3.8) is 0 Å². The number of hydrogen-bond acceptors (Lipinski definition) is 4. The van der Waals surface area contributed by atoms with Crippen LogP contribution in [-0.4, -0.2) is 39.4 Å². The molecule has 0 bridgehead atoms. The lowest BCUT2D eigenvalue weighted by molar-refractivity contribution is 0.198. The minimum Gasteiger partial charge on any atom is -0.492 e. The van der Waals surface area contributed by atoms with Crippen LogP contribution in [0.2, 0.25) is 0 Å². The van der Waals surface area contributed by atoms with Gasteiger partial charge in [-0.2, -0.15) is 5.10 Å². The summed E-state index contributed by atoms with van der Waals surface area (Å²) in [5.74, 6) is 0.901. The molecule has 1 aromatic heterocycles. The number of aryl methyl sites for hydroxylation is 1. The quantitative estimate of drug-likeness (QED) is 0.606. The van der Waals surface area contributed by atoms with Gasteiger partial charge in [-0.05, 0) is 56.0 Å². The molecule has 0 aliphatic heterocycles. The molecule has 0 fully saturated rings. The highest BCUT2D eigenvalue weighted by Crippen LogP contribution is 2.12. The van der Waals surface area contributed by atoms with E-state index in [9.17, 15) is 0 Å². The molecule has 3 rings (SSSR count). The smallest absolute Gasteiger partial charge is 0.203 e. The number of ether oxygens (including phenoxy) is 1. The third-order valence-corrected chi connectivity index (χ3v) is 4.28. The SMILES string of the molecule is Cc1cccc(OCCN(C)Cn2ncn(-c3ccccc3)c2=S)c1. The molecule has 0 radical (unpaired) electrons. The van der Waals surface area contributed by atoms with E-state index in [0.29, 0.717) is 18.0 Å². The summed E-state index contributed by atoms with van der Waals surface area (Å²) in [5, 5.41) is 4.40. The molecule has 0 spiro atoms. The zero-order chi connectivity index (χ0) is 17.6. The Morgan fingerprint density at radius 3 is 2.68 bits per heavy atom. The van der Waals surface area contributed by atoms with Gasteiger partial charge in [0.25, 0.3) is 0 Å². The summed E-state index contributed by atoms with van der Waals surface area (Å²) in [4.78, 5) is 2.13. The molecular weight excluding hydrogens is 332 g/mol. The van der Waals surface area contributed by atoms with Crippen molar-refractivity contribution < 1.29 is 4.74 Å². The first-order chi connectivity index (χ1) is 12.1. The van der Waals surface area contributed by atoms with Crippen LogP contribution in [0.4, 0.5) is 0 Å². The fourth-order valence-electron chi connectivity index (χ4n) is 2.52. The summed E-state index contributed by atoms with van der Waals surface area (Å²) < 4.78 is 10.2. The van der Waals surface area contributed by atoms with Crippen LogP contribution >= 0.6 is 12.2 Å². The van der Waals surface area contributed by atoms with E-state index in [1.807, 2.05) is 64.8 Å². The third kappa shape index (κ3) is 4.55. The van der Waals surface area contributed by atoms with E-state index in [1.165, 1.54) is 5.56 Å². The van der Waals surface area contributed by atoms with E-state index in [4.69, 9.17) is 17.0 Å². The van der Waals surface area contributed by atoms with E-state index < -0.39 is 0 Å². The lowest BCUT2D eigenvalue weighted by Gasteiger charge is -2.17. The molecule has 25 heavy (non-hydrogen) atoms. The molecule has 3 aromatic rings. The zero-order valence-corrected chi connectivity index (χ0v) is 15.3. The highest BCUT2D eigenvalue weighted by molar-refractivity contribution is 7.71. The molecule has 2 aromatic carbocycles. The van der Waals surface area contributed by atoms with Crippen LogP contribution in [0.5, 0.6) is 5.75 Å². The average Bonchev–Trinajstić information content (AvgIpc) is 2.96. The molecule has 130 valence electrons. The Morgan fingerprint density at radius 2 is 1.92 bits per heavy atom. The minimum absolute atomic E-state index is 0.618. The summed E-state index contributed by atoms with van der Waals surface area (Å²) >= 11 is 5.53. The lowest BCUT2D eigenvalue weighted by atomic mass is 10.2. The van der Waals surface area contributed by atoms with Crippen molar-refractivity contribution in [3.05, 3.63) is 71.3 Å². The summed E-state index contributed by atoms with van der Waals surface area (Å²) in [6.07, 6.45) is 1.76. The fraction of sp³-hybridized carbons (Fsp3) is 0.263. The van der Waals surface area contributed by atoms with Gasteiger partial charge < -0.3 is 4.74 Å². The standard InChI is InChI=1S/C19H22N4OS/c1-16-7-6-10-18(13-16)24-12-11-21(2)15-23-19(25)22(14-20-23)17-8-4-3-5-9-17/h3-10,13-14H,11-12,15H2,1-2H3. The van der Waals surface area contributed by atoms with Crippen LogP contribution in [0.1, 0.15) is 5.56 Å². The number of nitrogens with zero attached hydrogens (tertiary/aromatic N) is 4. The maximum atomic E-state index is 5.80. The first-order valence-electron chi connectivity index (χ1n) is 8.21. The second-order valence-corrected chi connectivity index (χ2v) is 6.37. The van der Waals surface area contributed by atoms with Gasteiger partial charge >= 0.3 is 0 Å². The van der Waals surface area contributed by atoms with Crippen molar-refractivity contribution in [2.45, 2.75) is 13.6 Å². The minimum atomic E-state index is 0.618. The Balaban J connectivity index is 1.56. The van der Waals surface area contributed by atoms with Crippen LogP contribution in [0.15, 0.2) is 60.9 Å². The summed E-state index contributed by atoms with van der Waals surface area (Å²) in [6, 6.07) is 18.1. The van der Waals surface area contributed by atoms with Gasteiger partial charge in [-0.1, -0.05) is 30.3 Å². The van der Waals surface area contributed by atoms with Gasteiger partial charge in [-0.3, -0.25) is 9.47 Å². The topological polar surface area (TPSA) is 35.2 Å². The van der Waals surface area contributed by atoms with Crippen molar-refractivity contribution in [2.24, 2.45) is 0 Å². The van der Waals surface area contributed by atoms with Gasteiger partial charge in [0.2, 0.25) is 4.77 Å². The van der Waals surface area contributed by atoms with E-state index in [2.05, 4.69) is 23.0 Å². The van der Waals surface area contributed by atoms with Crippen molar-refractivity contribution >= 4 is 12.2 Å². The molecular formula is C19H22N4OS. The van der Waals surface area contributed by atoms with Crippen molar-refractivity contribution in [2.75, 3.05) is 20.2 Å². The van der Waals surface area contributed by atoms with Gasteiger partial charge in [0.05, 0.1) is 6.67 Å². The molecule has 5 nitrogen and oxygen atoms in total. The maximum Gasteiger partial charge on any atom is 0.203 e. The van der Waals surface area contributed by atoms with Crippen LogP contribution in [0.25, 0.3) is 5.69 Å². The number of hydrogen-bond donors (Lipinski definition) is 0. The summed E-state index contributed by atoms with van der Waals surface area (Å²) in [7, 11) is 2.03. The Hall–Kier alpha value is -2.44. The average molecular weight is 354 g/mol. The summed E-state index contributed by atoms with van der Waals surface area (Å²) in [5.41, 5.74) is 2.22. The fourth-order valence-corrected chi connectivity index (χ4v) is 2.78. The first kappa shape index (κ1) is 17.4. The van der Waals surface area contributed by atoms with Gasteiger partial charge in [-0.25, -0.2) is 4.68 Å². The predicted octanol–water partition coefficient (Wildman–Crippen LogP) is 3.68. The Morgan fingerprint density at radius 1 is 1.12 bits per heavy atom. The summed E-state index contributed by atoms with van der Waals surface area (Å²) in [6.45, 7) is 4.08. The molecule has 6 heteroatoms. The van der Waals surface area contributed by atoms with Crippen molar-refractivity contribution in [1.82, 2.24) is 19.2 Å². The number of likely N-dealkylation sites (N-methyl/N-ethyl adjacent to an activating group) is 1. The van der Waals surface area contributed by atoms with Gasteiger partial charge in [0.15, 0.2) is 0 Å². The Bertz CT molecular complexity index is 872. The third-order valence-electron chi connectivity index (χ3n) is 3.87. The molecule has 0 aliphatic carbocycles. The van der Waals surface area contributed by atoms with Crippen LogP contribution < -0.4 is 4.74 Å². The lowest BCUT2D eigenvalue weighted by Crippen LogP contribution is -2.27. The van der Waals surface area contributed by atoms with Crippen LogP contribution in [-0.2, 0) is 6.67 Å². The van der Waals surface area contributed by atoms with Crippen LogP contribution in [0, 0.1) is 11.7 Å². The molecule has 0 saturated carbocycles. The molecule has 0 N–H and O–H groups in total. The molecule has 0 unspecified atom stereocenters. The second-order valence-electron chi connectivity index (χ2n) is 6.00. The van der Waals surface area contributed by atoms with Gasteiger partial charge in [-0.15, -0.1) is 0 Å². The van der Waals surface area contributed by atoms with E-state index in [-0.39, 0.29) is 0 Å². The van der Waals surface area contributed by atoms with Crippen molar-refractivity contribution in [1.29, 1.82) is 0 Å². The van der Waals surface area contributed by atoms with E-state index >= 15 is 0 Å². The molecule has 0 amide bonds. The number of aromatic nitrogens is 3. The predicted molar refractivity (Wildman–Crippen MR) is 102 cm³/mol. The zero-order valence-electron chi connectivity index (χ0n) is 14.5.